The monoisotopic (exact) mass is 353 g/mol. The van der Waals surface area contributed by atoms with Crippen molar-refractivity contribution in [3.8, 4) is 5.69 Å². The van der Waals surface area contributed by atoms with Crippen LogP contribution in [0.25, 0.3) is 11.8 Å². The number of hydrogen-bond acceptors (Lipinski definition) is 3. The van der Waals surface area contributed by atoms with Gasteiger partial charge in [0.2, 0.25) is 0 Å². The third-order valence-corrected chi connectivity index (χ3v) is 4.68. The summed E-state index contributed by atoms with van der Waals surface area (Å²) in [5.41, 5.74) is 4.34. The van der Waals surface area contributed by atoms with Crippen LogP contribution in [0.5, 0.6) is 0 Å². The lowest BCUT2D eigenvalue weighted by atomic mass is 10.1. The highest BCUT2D eigenvalue weighted by atomic mass is 19.1. The maximum atomic E-state index is 14.2. The van der Waals surface area contributed by atoms with E-state index in [0.29, 0.717) is 23.3 Å². The van der Waals surface area contributed by atoms with E-state index in [9.17, 15) is 14.0 Å². The zero-order chi connectivity index (χ0) is 19.0. The lowest BCUT2D eigenvalue weighted by Crippen LogP contribution is -2.12. The number of carbonyl (C=O) groups excluding carboxylic acids is 2. The minimum Gasteiger partial charge on any atom is -0.465 e. The molecule has 0 saturated carbocycles. The van der Waals surface area contributed by atoms with Gasteiger partial charge in [-0.2, -0.15) is 0 Å². The van der Waals surface area contributed by atoms with Crippen molar-refractivity contribution in [1.29, 1.82) is 0 Å². The van der Waals surface area contributed by atoms with Gasteiger partial charge in [0.1, 0.15) is 11.4 Å². The number of methoxy groups -OCH3 is 1. The molecule has 0 N–H and O–H groups in total. The number of ether oxygens (including phenoxy) is 1. The van der Waals surface area contributed by atoms with Crippen LogP contribution in [-0.2, 0) is 14.3 Å². The lowest BCUT2D eigenvalue weighted by Gasteiger charge is -2.10. The fourth-order valence-electron chi connectivity index (χ4n) is 3.42. The van der Waals surface area contributed by atoms with Gasteiger partial charge in [-0.1, -0.05) is 17.7 Å². The van der Waals surface area contributed by atoms with E-state index in [1.165, 1.54) is 13.2 Å². The molecular formula is C21H20FNO3. The van der Waals surface area contributed by atoms with Crippen LogP contribution in [0.15, 0.2) is 47.1 Å². The van der Waals surface area contributed by atoms with Crippen LogP contribution in [-0.4, -0.2) is 23.4 Å². The summed E-state index contributed by atoms with van der Waals surface area (Å²) in [6.45, 7) is 5.53. The zero-order valence-corrected chi connectivity index (χ0v) is 15.2. The summed E-state index contributed by atoms with van der Waals surface area (Å²) in [4.78, 5) is 24.4. The normalized spacial score (nSPS) is 15.9. The number of ketones is 1. The topological polar surface area (TPSA) is 48.3 Å². The maximum Gasteiger partial charge on any atom is 0.341 e. The highest BCUT2D eigenvalue weighted by Gasteiger charge is 2.31. The Hall–Kier alpha value is -2.95. The van der Waals surface area contributed by atoms with Gasteiger partial charge in [0.25, 0.3) is 0 Å². The van der Waals surface area contributed by atoms with E-state index in [1.54, 1.807) is 31.2 Å². The van der Waals surface area contributed by atoms with Gasteiger partial charge in [-0.05, 0) is 57.0 Å². The number of carbonyl (C=O) groups is 2. The van der Waals surface area contributed by atoms with Crippen LogP contribution in [0.2, 0.25) is 0 Å². The first-order valence-corrected chi connectivity index (χ1v) is 8.32. The molecule has 5 heteroatoms. The molecule has 2 aromatic rings. The van der Waals surface area contributed by atoms with Crippen LogP contribution < -0.4 is 0 Å². The SMILES string of the molecule is COC(=O)C1=C(C)C/C(=C/c2cc(C)n(-c3ccccc3F)c2C)C1=O. The minimum absolute atomic E-state index is 0.113. The van der Waals surface area contributed by atoms with Crippen LogP contribution in [0, 0.1) is 19.7 Å². The number of aromatic nitrogens is 1. The van der Waals surface area contributed by atoms with E-state index < -0.39 is 5.97 Å². The summed E-state index contributed by atoms with van der Waals surface area (Å²) in [6, 6.07) is 8.48. The van der Waals surface area contributed by atoms with Crippen molar-refractivity contribution in [3.63, 3.8) is 0 Å². The van der Waals surface area contributed by atoms with Crippen molar-refractivity contribution >= 4 is 17.8 Å². The molecule has 0 spiro atoms. The van der Waals surface area contributed by atoms with E-state index in [4.69, 9.17) is 4.74 Å². The first kappa shape index (κ1) is 17.9. The predicted molar refractivity (Wildman–Crippen MR) is 97.5 cm³/mol. The van der Waals surface area contributed by atoms with Crippen molar-refractivity contribution in [1.82, 2.24) is 4.57 Å². The van der Waals surface area contributed by atoms with Gasteiger partial charge < -0.3 is 9.30 Å². The van der Waals surface area contributed by atoms with Crippen molar-refractivity contribution in [2.24, 2.45) is 0 Å². The second kappa shape index (κ2) is 6.75. The second-order valence-electron chi connectivity index (χ2n) is 6.44. The molecule has 3 rings (SSSR count). The second-order valence-corrected chi connectivity index (χ2v) is 6.44. The molecule has 0 aliphatic heterocycles. The Kier molecular flexibility index (Phi) is 4.64. The Labute approximate surface area is 151 Å². The molecule has 1 aromatic carbocycles. The number of allylic oxidation sites excluding steroid dienone is 2. The first-order chi connectivity index (χ1) is 12.3. The van der Waals surface area contributed by atoms with Crippen molar-refractivity contribution in [3.05, 3.63) is 69.8 Å². The molecular weight excluding hydrogens is 333 g/mol. The molecule has 1 aromatic heterocycles. The first-order valence-electron chi connectivity index (χ1n) is 8.32. The van der Waals surface area contributed by atoms with E-state index >= 15 is 0 Å². The molecule has 1 heterocycles. The number of nitrogens with zero attached hydrogens (tertiary/aromatic N) is 1. The van der Waals surface area contributed by atoms with Gasteiger partial charge >= 0.3 is 5.97 Å². The number of hydrogen-bond donors (Lipinski definition) is 0. The van der Waals surface area contributed by atoms with E-state index in [-0.39, 0.29) is 17.2 Å². The van der Waals surface area contributed by atoms with Crippen molar-refractivity contribution in [2.45, 2.75) is 27.2 Å². The molecule has 1 aliphatic rings. The maximum absolute atomic E-state index is 14.2. The average molecular weight is 353 g/mol. The molecule has 0 fully saturated rings. The number of Topliss-reactive ketones (excluding diaryl/α,β-unsaturated/α-hetero) is 1. The number of para-hydroxylation sites is 1. The number of aryl methyl sites for hydroxylation is 1. The van der Waals surface area contributed by atoms with Crippen LogP contribution in [0.1, 0.15) is 30.3 Å². The quantitative estimate of drug-likeness (QED) is 0.475. The Morgan fingerprint density at radius 1 is 1.23 bits per heavy atom. The molecule has 134 valence electrons. The summed E-state index contributed by atoms with van der Waals surface area (Å²) < 4.78 is 20.7. The molecule has 4 nitrogen and oxygen atoms in total. The molecule has 0 saturated heterocycles. The largest absolute Gasteiger partial charge is 0.465 e. The average Bonchev–Trinajstić information content (AvgIpc) is 3.04. The molecule has 0 unspecified atom stereocenters. The van der Waals surface area contributed by atoms with Gasteiger partial charge in [0.15, 0.2) is 5.78 Å². The Bertz CT molecular complexity index is 979. The van der Waals surface area contributed by atoms with Crippen molar-refractivity contribution in [2.75, 3.05) is 7.11 Å². The summed E-state index contributed by atoms with van der Waals surface area (Å²) >= 11 is 0. The summed E-state index contributed by atoms with van der Waals surface area (Å²) in [6.07, 6.45) is 2.19. The summed E-state index contributed by atoms with van der Waals surface area (Å²) in [7, 11) is 1.26. The summed E-state index contributed by atoms with van der Waals surface area (Å²) in [5, 5.41) is 0. The number of rotatable bonds is 3. The predicted octanol–water partition coefficient (Wildman–Crippen LogP) is 4.08. The van der Waals surface area contributed by atoms with Gasteiger partial charge in [0.05, 0.1) is 12.8 Å². The minimum atomic E-state index is -0.604. The molecule has 26 heavy (non-hydrogen) atoms. The molecule has 0 bridgehead atoms. The highest BCUT2D eigenvalue weighted by molar-refractivity contribution is 6.28. The molecule has 1 aliphatic carbocycles. The zero-order valence-electron chi connectivity index (χ0n) is 15.2. The smallest absolute Gasteiger partial charge is 0.341 e. The molecule has 0 atom stereocenters. The number of halogens is 1. The highest BCUT2D eigenvalue weighted by Crippen LogP contribution is 2.31. The standard InChI is InChI=1S/C21H20FNO3/c1-12-9-16(20(24)19(12)21(25)26-4)11-15-10-13(2)23(14(15)3)18-8-6-5-7-17(18)22/h5-8,10-11H,9H2,1-4H3/b16-11-. The van der Waals surface area contributed by atoms with Gasteiger partial charge in [-0.25, -0.2) is 9.18 Å². The van der Waals surface area contributed by atoms with Gasteiger partial charge in [-0.15, -0.1) is 0 Å². The Morgan fingerprint density at radius 2 is 1.92 bits per heavy atom. The number of esters is 1. The van der Waals surface area contributed by atoms with Gasteiger partial charge in [0, 0.05) is 17.0 Å². The Morgan fingerprint density at radius 3 is 2.58 bits per heavy atom. The third kappa shape index (κ3) is 2.90. The lowest BCUT2D eigenvalue weighted by molar-refractivity contribution is -0.137. The fraction of sp³-hybridized carbons (Fsp3) is 0.238. The third-order valence-electron chi connectivity index (χ3n) is 4.68. The van der Waals surface area contributed by atoms with Crippen LogP contribution in [0.4, 0.5) is 4.39 Å². The van der Waals surface area contributed by atoms with Gasteiger partial charge in [-0.3, -0.25) is 4.79 Å². The number of benzene rings is 1. The van der Waals surface area contributed by atoms with Crippen LogP contribution >= 0.6 is 0 Å². The van der Waals surface area contributed by atoms with E-state index in [2.05, 4.69) is 0 Å². The van der Waals surface area contributed by atoms with Crippen molar-refractivity contribution < 1.29 is 18.7 Å². The fourth-order valence-corrected chi connectivity index (χ4v) is 3.42. The molecule has 0 radical (unpaired) electrons. The van der Waals surface area contributed by atoms with Crippen LogP contribution in [0.3, 0.4) is 0 Å². The summed E-state index contributed by atoms with van der Waals surface area (Å²) in [5.74, 6) is -1.21. The Balaban J connectivity index is 2.02. The van der Waals surface area contributed by atoms with E-state index in [0.717, 1.165) is 17.0 Å². The van der Waals surface area contributed by atoms with E-state index in [1.807, 2.05) is 24.5 Å². The molecule has 0 amide bonds.